The Balaban J connectivity index is 1.87. The van der Waals surface area contributed by atoms with E-state index < -0.39 is 0 Å². The summed E-state index contributed by atoms with van der Waals surface area (Å²) in [4.78, 5) is 0. The van der Waals surface area contributed by atoms with Crippen LogP contribution in [0.4, 0.5) is 0 Å². The topological polar surface area (TPSA) is 21.3 Å². The van der Waals surface area contributed by atoms with Crippen molar-refractivity contribution >= 4 is 23.2 Å². The summed E-state index contributed by atoms with van der Waals surface area (Å²) in [6.07, 6.45) is 1.13. The molecule has 0 amide bonds. The highest BCUT2D eigenvalue weighted by molar-refractivity contribution is 6.42. The SMILES string of the molecule is COCC[C@@H]1[C@H]2CNC[C@]12c1ccc(Cl)c(Cl)c1. The zero-order chi connectivity index (χ0) is 12.8. The number of hydrogen-bond acceptors (Lipinski definition) is 2. The van der Waals surface area contributed by atoms with E-state index in [-0.39, 0.29) is 5.41 Å². The van der Waals surface area contributed by atoms with Crippen LogP contribution in [-0.4, -0.2) is 26.8 Å². The first-order valence-corrected chi connectivity index (χ1v) is 7.11. The predicted molar refractivity (Wildman–Crippen MR) is 74.5 cm³/mol. The fraction of sp³-hybridized carbons (Fsp3) is 0.571. The number of fused-ring (bicyclic) bond motifs is 1. The number of hydrogen-bond donors (Lipinski definition) is 1. The Morgan fingerprint density at radius 3 is 2.94 bits per heavy atom. The Morgan fingerprint density at radius 2 is 2.22 bits per heavy atom. The molecule has 0 aromatic heterocycles. The Labute approximate surface area is 118 Å². The zero-order valence-electron chi connectivity index (χ0n) is 10.4. The van der Waals surface area contributed by atoms with Crippen LogP contribution in [0.2, 0.25) is 10.0 Å². The van der Waals surface area contributed by atoms with Gasteiger partial charge in [0, 0.05) is 25.7 Å². The second-order valence-electron chi connectivity index (χ2n) is 5.29. The Bertz CT molecular complexity index is 465. The van der Waals surface area contributed by atoms with Crippen molar-refractivity contribution in [3.05, 3.63) is 33.8 Å². The first-order chi connectivity index (χ1) is 8.70. The van der Waals surface area contributed by atoms with Crippen LogP contribution in [-0.2, 0) is 10.2 Å². The van der Waals surface area contributed by atoms with E-state index in [9.17, 15) is 0 Å². The highest BCUT2D eigenvalue weighted by Gasteiger charge is 2.66. The summed E-state index contributed by atoms with van der Waals surface area (Å²) >= 11 is 12.1. The van der Waals surface area contributed by atoms with E-state index in [1.807, 2.05) is 12.1 Å². The molecule has 1 aliphatic carbocycles. The molecule has 1 aromatic rings. The molecule has 1 saturated carbocycles. The van der Waals surface area contributed by atoms with Crippen molar-refractivity contribution in [1.82, 2.24) is 5.32 Å². The fourth-order valence-electron chi connectivity index (χ4n) is 3.65. The number of benzene rings is 1. The molecular weight excluding hydrogens is 269 g/mol. The molecule has 1 N–H and O–H groups in total. The van der Waals surface area contributed by atoms with Crippen molar-refractivity contribution in [2.24, 2.45) is 11.8 Å². The quantitative estimate of drug-likeness (QED) is 0.918. The van der Waals surface area contributed by atoms with Crippen LogP contribution in [0.5, 0.6) is 0 Å². The number of nitrogens with one attached hydrogen (secondary N) is 1. The monoisotopic (exact) mass is 285 g/mol. The summed E-state index contributed by atoms with van der Waals surface area (Å²) in [7, 11) is 1.77. The van der Waals surface area contributed by atoms with Gasteiger partial charge >= 0.3 is 0 Å². The normalized spacial score (nSPS) is 33.5. The van der Waals surface area contributed by atoms with Crippen molar-refractivity contribution in [3.63, 3.8) is 0 Å². The second kappa shape index (κ2) is 4.68. The number of piperidine rings is 1. The summed E-state index contributed by atoms with van der Waals surface area (Å²) in [6, 6.07) is 6.08. The lowest BCUT2D eigenvalue weighted by Gasteiger charge is -2.16. The Kier molecular flexibility index (Phi) is 3.31. The summed E-state index contributed by atoms with van der Waals surface area (Å²) < 4.78 is 5.21. The van der Waals surface area contributed by atoms with Gasteiger partial charge in [-0.1, -0.05) is 29.3 Å². The molecule has 0 bridgehead atoms. The maximum absolute atomic E-state index is 6.15. The molecule has 1 heterocycles. The van der Waals surface area contributed by atoms with Crippen LogP contribution < -0.4 is 5.32 Å². The highest BCUT2D eigenvalue weighted by Crippen LogP contribution is 2.63. The average Bonchev–Trinajstić information content (AvgIpc) is 2.77. The smallest absolute Gasteiger partial charge is 0.0595 e. The Morgan fingerprint density at radius 1 is 1.39 bits per heavy atom. The molecule has 0 unspecified atom stereocenters. The molecule has 98 valence electrons. The first kappa shape index (κ1) is 12.7. The highest BCUT2D eigenvalue weighted by atomic mass is 35.5. The van der Waals surface area contributed by atoms with Gasteiger partial charge in [0.2, 0.25) is 0 Å². The van der Waals surface area contributed by atoms with Gasteiger partial charge in [0.15, 0.2) is 0 Å². The molecule has 0 radical (unpaired) electrons. The van der Waals surface area contributed by atoms with Gasteiger partial charge in [-0.3, -0.25) is 0 Å². The predicted octanol–water partition coefficient (Wildman–Crippen LogP) is 3.12. The summed E-state index contributed by atoms with van der Waals surface area (Å²) in [6.45, 7) is 2.99. The van der Waals surface area contributed by atoms with E-state index in [1.54, 1.807) is 7.11 Å². The van der Waals surface area contributed by atoms with Gasteiger partial charge in [-0.25, -0.2) is 0 Å². The van der Waals surface area contributed by atoms with E-state index in [4.69, 9.17) is 27.9 Å². The largest absolute Gasteiger partial charge is 0.385 e. The molecule has 1 saturated heterocycles. The average molecular weight is 286 g/mol. The lowest BCUT2D eigenvalue weighted by molar-refractivity contribution is 0.185. The minimum absolute atomic E-state index is 0.271. The molecule has 1 aromatic carbocycles. The van der Waals surface area contributed by atoms with Crippen molar-refractivity contribution in [2.75, 3.05) is 26.8 Å². The molecular formula is C14H17Cl2NO. The molecule has 2 aliphatic rings. The fourth-order valence-corrected chi connectivity index (χ4v) is 3.94. The van der Waals surface area contributed by atoms with Gasteiger partial charge in [0.05, 0.1) is 10.0 Å². The minimum Gasteiger partial charge on any atom is -0.385 e. The zero-order valence-corrected chi connectivity index (χ0v) is 11.9. The van der Waals surface area contributed by atoms with Crippen molar-refractivity contribution in [1.29, 1.82) is 0 Å². The van der Waals surface area contributed by atoms with Gasteiger partial charge in [0.1, 0.15) is 0 Å². The molecule has 18 heavy (non-hydrogen) atoms. The van der Waals surface area contributed by atoms with Crippen LogP contribution in [0.1, 0.15) is 12.0 Å². The number of ether oxygens (including phenoxy) is 1. The van der Waals surface area contributed by atoms with Crippen molar-refractivity contribution in [3.8, 4) is 0 Å². The minimum atomic E-state index is 0.271. The van der Waals surface area contributed by atoms with Gasteiger partial charge in [-0.15, -0.1) is 0 Å². The van der Waals surface area contributed by atoms with Crippen LogP contribution in [0.25, 0.3) is 0 Å². The Hall–Kier alpha value is -0.280. The lowest BCUT2D eigenvalue weighted by Crippen LogP contribution is -2.24. The van der Waals surface area contributed by atoms with Crippen LogP contribution in [0.3, 0.4) is 0 Å². The summed E-state index contributed by atoms with van der Waals surface area (Å²) in [5.41, 5.74) is 1.60. The van der Waals surface area contributed by atoms with Gasteiger partial charge in [0.25, 0.3) is 0 Å². The first-order valence-electron chi connectivity index (χ1n) is 6.35. The van der Waals surface area contributed by atoms with E-state index in [2.05, 4.69) is 11.4 Å². The summed E-state index contributed by atoms with van der Waals surface area (Å²) in [5, 5.41) is 4.78. The molecule has 4 heteroatoms. The third-order valence-electron chi connectivity index (χ3n) is 4.57. The van der Waals surface area contributed by atoms with E-state index in [1.165, 1.54) is 5.56 Å². The van der Waals surface area contributed by atoms with Gasteiger partial charge < -0.3 is 10.1 Å². The van der Waals surface area contributed by atoms with Crippen LogP contribution in [0, 0.1) is 11.8 Å². The van der Waals surface area contributed by atoms with Crippen LogP contribution in [0.15, 0.2) is 18.2 Å². The molecule has 3 rings (SSSR count). The van der Waals surface area contributed by atoms with E-state index in [0.717, 1.165) is 38.0 Å². The maximum Gasteiger partial charge on any atom is 0.0595 e. The molecule has 2 nitrogen and oxygen atoms in total. The molecule has 2 fully saturated rings. The van der Waals surface area contributed by atoms with Gasteiger partial charge in [-0.2, -0.15) is 0 Å². The second-order valence-corrected chi connectivity index (χ2v) is 6.11. The maximum atomic E-state index is 6.15. The third-order valence-corrected chi connectivity index (χ3v) is 5.31. The van der Waals surface area contributed by atoms with Crippen molar-refractivity contribution in [2.45, 2.75) is 11.8 Å². The van der Waals surface area contributed by atoms with Gasteiger partial charge in [-0.05, 0) is 42.5 Å². The third kappa shape index (κ3) is 1.78. The standard InChI is InChI=1S/C14H17Cl2NO/c1-18-5-4-10-11-7-17-8-14(10,11)9-2-3-12(15)13(16)6-9/h2-3,6,10-11,17H,4-5,7-8H2,1H3/t10-,11-,14+/m1/s1. The van der Waals surface area contributed by atoms with E-state index >= 15 is 0 Å². The molecule has 1 aliphatic heterocycles. The van der Waals surface area contributed by atoms with Crippen molar-refractivity contribution < 1.29 is 4.74 Å². The number of rotatable bonds is 4. The summed E-state index contributed by atoms with van der Waals surface area (Å²) in [5.74, 6) is 1.45. The van der Waals surface area contributed by atoms with E-state index in [0.29, 0.717) is 10.0 Å². The number of methoxy groups -OCH3 is 1. The lowest BCUT2D eigenvalue weighted by atomic mass is 9.92. The van der Waals surface area contributed by atoms with Crippen LogP contribution >= 0.6 is 23.2 Å². The number of halogens is 2. The molecule has 3 atom stereocenters. The molecule has 0 spiro atoms.